The Bertz CT molecular complexity index is 1050. The molecule has 0 aromatic heterocycles. The van der Waals surface area contributed by atoms with Crippen LogP contribution in [0.25, 0.3) is 6.08 Å². The number of sulfonamides is 1. The SMILES string of the molecule is O=C(/C=C/c1ccc(F)cc1)NC(=S)Nc1ccc(S(=O)(=O)NC2CCCCC2)cc1. The largest absolute Gasteiger partial charge is 0.332 e. The minimum Gasteiger partial charge on any atom is -0.332 e. The van der Waals surface area contributed by atoms with Gasteiger partial charge in [0.25, 0.3) is 0 Å². The third-order valence-electron chi connectivity index (χ3n) is 4.88. The Morgan fingerprint density at radius 1 is 1.00 bits per heavy atom. The van der Waals surface area contributed by atoms with Crippen molar-refractivity contribution in [3.8, 4) is 0 Å². The summed E-state index contributed by atoms with van der Waals surface area (Å²) in [6.07, 6.45) is 7.78. The molecule has 1 aliphatic carbocycles. The van der Waals surface area contributed by atoms with Gasteiger partial charge in [0.15, 0.2) is 5.11 Å². The van der Waals surface area contributed by atoms with Gasteiger partial charge in [0.1, 0.15) is 5.82 Å². The summed E-state index contributed by atoms with van der Waals surface area (Å²) in [5, 5.41) is 5.41. The van der Waals surface area contributed by atoms with E-state index < -0.39 is 15.9 Å². The average molecular weight is 462 g/mol. The Hall–Kier alpha value is -2.62. The Kier molecular flexibility index (Phi) is 7.89. The molecule has 0 bridgehead atoms. The molecule has 0 atom stereocenters. The second kappa shape index (κ2) is 10.6. The lowest BCUT2D eigenvalue weighted by Crippen LogP contribution is -2.36. The van der Waals surface area contributed by atoms with Crippen LogP contribution in [-0.2, 0) is 14.8 Å². The van der Waals surface area contributed by atoms with E-state index in [1.54, 1.807) is 24.3 Å². The number of benzene rings is 2. The maximum atomic E-state index is 12.9. The molecule has 0 saturated heterocycles. The molecular formula is C22H24FN3O3S2. The van der Waals surface area contributed by atoms with Crippen LogP contribution in [0.5, 0.6) is 0 Å². The first-order valence-corrected chi connectivity index (χ1v) is 11.9. The zero-order valence-electron chi connectivity index (χ0n) is 16.8. The molecule has 1 fully saturated rings. The molecule has 3 N–H and O–H groups in total. The van der Waals surface area contributed by atoms with Gasteiger partial charge in [-0.3, -0.25) is 10.1 Å². The first-order chi connectivity index (χ1) is 14.8. The predicted molar refractivity (Wildman–Crippen MR) is 123 cm³/mol. The van der Waals surface area contributed by atoms with E-state index in [0.717, 1.165) is 32.1 Å². The van der Waals surface area contributed by atoms with Crippen molar-refractivity contribution in [2.75, 3.05) is 5.32 Å². The van der Waals surface area contributed by atoms with E-state index in [0.29, 0.717) is 11.3 Å². The third-order valence-corrected chi connectivity index (χ3v) is 6.62. The number of anilines is 1. The highest BCUT2D eigenvalue weighted by atomic mass is 32.2. The fraction of sp³-hybridized carbons (Fsp3) is 0.273. The van der Waals surface area contributed by atoms with Crippen LogP contribution < -0.4 is 15.4 Å². The molecule has 31 heavy (non-hydrogen) atoms. The van der Waals surface area contributed by atoms with Gasteiger partial charge in [-0.15, -0.1) is 0 Å². The first-order valence-electron chi connectivity index (χ1n) is 10.00. The molecule has 0 spiro atoms. The number of thiocarbonyl (C=S) groups is 1. The van der Waals surface area contributed by atoms with E-state index in [1.807, 2.05) is 0 Å². The molecule has 1 aliphatic rings. The van der Waals surface area contributed by atoms with Crippen LogP contribution in [0.3, 0.4) is 0 Å². The van der Waals surface area contributed by atoms with E-state index in [1.165, 1.54) is 36.4 Å². The molecule has 1 amide bonds. The summed E-state index contributed by atoms with van der Waals surface area (Å²) >= 11 is 5.12. The van der Waals surface area contributed by atoms with E-state index in [9.17, 15) is 17.6 Å². The molecule has 9 heteroatoms. The van der Waals surface area contributed by atoms with Gasteiger partial charge < -0.3 is 5.32 Å². The summed E-state index contributed by atoms with van der Waals surface area (Å²) in [5.41, 5.74) is 1.22. The lowest BCUT2D eigenvalue weighted by atomic mass is 9.96. The highest BCUT2D eigenvalue weighted by Crippen LogP contribution is 2.20. The number of rotatable bonds is 6. The van der Waals surface area contributed by atoms with E-state index in [-0.39, 0.29) is 21.9 Å². The van der Waals surface area contributed by atoms with Crippen molar-refractivity contribution in [1.29, 1.82) is 0 Å². The second-order valence-corrected chi connectivity index (χ2v) is 9.43. The number of carbonyl (C=O) groups is 1. The molecule has 3 rings (SSSR count). The second-order valence-electron chi connectivity index (χ2n) is 7.31. The van der Waals surface area contributed by atoms with Gasteiger partial charge in [-0.25, -0.2) is 17.5 Å². The molecule has 0 radical (unpaired) electrons. The van der Waals surface area contributed by atoms with Crippen molar-refractivity contribution < 1.29 is 17.6 Å². The molecule has 164 valence electrons. The molecule has 2 aromatic rings. The maximum absolute atomic E-state index is 12.9. The van der Waals surface area contributed by atoms with E-state index in [2.05, 4.69) is 15.4 Å². The fourth-order valence-electron chi connectivity index (χ4n) is 3.29. The van der Waals surface area contributed by atoms with Crippen LogP contribution >= 0.6 is 12.2 Å². The highest BCUT2D eigenvalue weighted by Gasteiger charge is 2.21. The maximum Gasteiger partial charge on any atom is 0.250 e. The summed E-state index contributed by atoms with van der Waals surface area (Å²) in [4.78, 5) is 12.2. The number of halogens is 1. The van der Waals surface area contributed by atoms with Gasteiger partial charge in [-0.2, -0.15) is 0 Å². The van der Waals surface area contributed by atoms with E-state index >= 15 is 0 Å². The third kappa shape index (κ3) is 7.23. The summed E-state index contributed by atoms with van der Waals surface area (Å²) in [5.74, 6) is -0.798. The monoisotopic (exact) mass is 461 g/mol. The van der Waals surface area contributed by atoms with Crippen LogP contribution in [0.4, 0.5) is 10.1 Å². The number of hydrogen-bond donors (Lipinski definition) is 3. The number of hydrogen-bond acceptors (Lipinski definition) is 4. The van der Waals surface area contributed by atoms with Crippen LogP contribution in [0.1, 0.15) is 37.7 Å². The summed E-state index contributed by atoms with van der Waals surface area (Å²) in [6.45, 7) is 0. The zero-order chi connectivity index (χ0) is 22.3. The van der Waals surface area contributed by atoms with Crippen molar-refractivity contribution in [1.82, 2.24) is 10.0 Å². The normalized spacial score (nSPS) is 15.0. The Labute approximate surface area is 187 Å². The van der Waals surface area contributed by atoms with E-state index in [4.69, 9.17) is 12.2 Å². The Morgan fingerprint density at radius 3 is 2.29 bits per heavy atom. The average Bonchev–Trinajstić information content (AvgIpc) is 2.74. The Balaban J connectivity index is 1.52. The molecule has 1 saturated carbocycles. The molecule has 0 aliphatic heterocycles. The number of amides is 1. The Morgan fingerprint density at radius 2 is 1.65 bits per heavy atom. The summed E-state index contributed by atoms with van der Waals surface area (Å²) in [7, 11) is -3.57. The van der Waals surface area contributed by atoms with Crippen molar-refractivity contribution in [3.05, 3.63) is 66.0 Å². The smallest absolute Gasteiger partial charge is 0.250 e. The van der Waals surface area contributed by atoms with Gasteiger partial charge in [-0.1, -0.05) is 31.4 Å². The molecule has 0 heterocycles. The summed E-state index contributed by atoms with van der Waals surface area (Å²) < 4.78 is 40.8. The van der Waals surface area contributed by atoms with Crippen LogP contribution in [0.2, 0.25) is 0 Å². The van der Waals surface area contributed by atoms with Gasteiger partial charge in [0.05, 0.1) is 4.90 Å². The minimum absolute atomic E-state index is 0.0118. The molecular weight excluding hydrogens is 437 g/mol. The van der Waals surface area contributed by atoms with Crippen molar-refractivity contribution in [3.63, 3.8) is 0 Å². The highest BCUT2D eigenvalue weighted by molar-refractivity contribution is 7.89. The quantitative estimate of drug-likeness (QED) is 0.448. The van der Waals surface area contributed by atoms with Crippen molar-refractivity contribution >= 4 is 45.0 Å². The van der Waals surface area contributed by atoms with Crippen LogP contribution in [0.15, 0.2) is 59.5 Å². The van der Waals surface area contributed by atoms with Crippen LogP contribution in [-0.4, -0.2) is 25.5 Å². The predicted octanol–water partition coefficient (Wildman–Crippen LogP) is 3.96. The molecule has 2 aromatic carbocycles. The van der Waals surface area contributed by atoms with Gasteiger partial charge >= 0.3 is 0 Å². The van der Waals surface area contributed by atoms with Crippen molar-refractivity contribution in [2.45, 2.75) is 43.0 Å². The zero-order valence-corrected chi connectivity index (χ0v) is 18.4. The number of carbonyl (C=O) groups excluding carboxylic acids is 1. The van der Waals surface area contributed by atoms with Gasteiger partial charge in [-0.05, 0) is 73.1 Å². The van der Waals surface area contributed by atoms with Gasteiger partial charge in [0.2, 0.25) is 15.9 Å². The number of nitrogens with one attached hydrogen (secondary N) is 3. The molecule has 0 unspecified atom stereocenters. The standard InChI is InChI=1S/C22H24FN3O3S2/c23-17-9-6-16(7-10-17)8-15-21(27)25-22(30)24-18-11-13-20(14-12-18)31(28,29)26-19-4-2-1-3-5-19/h6-15,19,26H,1-5H2,(H2,24,25,27,30)/b15-8+. The first kappa shape index (κ1) is 23.1. The lowest BCUT2D eigenvalue weighted by molar-refractivity contribution is -0.115. The summed E-state index contributed by atoms with van der Waals surface area (Å²) in [6, 6.07) is 11.9. The molecule has 6 nitrogen and oxygen atoms in total. The lowest BCUT2D eigenvalue weighted by Gasteiger charge is -2.22. The van der Waals surface area contributed by atoms with Crippen molar-refractivity contribution in [2.24, 2.45) is 0 Å². The van der Waals surface area contributed by atoms with Crippen LogP contribution in [0, 0.1) is 5.82 Å². The topological polar surface area (TPSA) is 87.3 Å². The van der Waals surface area contributed by atoms with Gasteiger partial charge in [0, 0.05) is 17.8 Å². The fourth-order valence-corrected chi connectivity index (χ4v) is 4.81. The minimum atomic E-state index is -3.57.